The third-order valence-corrected chi connectivity index (χ3v) is 3.50. The summed E-state index contributed by atoms with van der Waals surface area (Å²) >= 11 is 0. The number of hydrogen-bond acceptors (Lipinski definition) is 3. The van der Waals surface area contributed by atoms with E-state index in [1.54, 1.807) is 0 Å². The molecule has 2 rings (SSSR count). The van der Waals surface area contributed by atoms with Crippen LogP contribution in [-0.4, -0.2) is 28.7 Å². The molecule has 0 spiro atoms. The average molecular weight is 236 g/mol. The minimum absolute atomic E-state index is 0.473. The van der Waals surface area contributed by atoms with Gasteiger partial charge in [-0.3, -0.25) is 0 Å². The van der Waals surface area contributed by atoms with Crippen molar-refractivity contribution in [2.75, 3.05) is 18.0 Å². The lowest BCUT2D eigenvalue weighted by molar-refractivity contribution is 0.450. The zero-order valence-corrected chi connectivity index (χ0v) is 11.0. The SMILES string of the molecule is CCCn1cc(C)nc1N1CCCCC1CN. The number of piperidine rings is 1. The lowest BCUT2D eigenvalue weighted by atomic mass is 10.0. The Bertz CT molecular complexity index is 358. The van der Waals surface area contributed by atoms with Crippen LogP contribution in [0.4, 0.5) is 5.95 Å². The first kappa shape index (κ1) is 12.4. The van der Waals surface area contributed by atoms with Crippen molar-refractivity contribution in [3.05, 3.63) is 11.9 Å². The van der Waals surface area contributed by atoms with Gasteiger partial charge in [0, 0.05) is 31.9 Å². The van der Waals surface area contributed by atoms with E-state index in [0.29, 0.717) is 6.04 Å². The molecule has 1 aliphatic rings. The molecular weight excluding hydrogens is 212 g/mol. The third-order valence-electron chi connectivity index (χ3n) is 3.50. The number of rotatable bonds is 4. The zero-order valence-electron chi connectivity index (χ0n) is 11.0. The first-order chi connectivity index (χ1) is 8.26. The molecule has 0 bridgehead atoms. The minimum Gasteiger partial charge on any atom is -0.338 e. The standard InChI is InChI=1S/C13H24N4/c1-3-7-16-10-11(2)15-13(16)17-8-5-4-6-12(17)9-14/h10,12H,3-9,14H2,1-2H3. The topological polar surface area (TPSA) is 47.1 Å². The van der Waals surface area contributed by atoms with Crippen molar-refractivity contribution in [1.82, 2.24) is 9.55 Å². The van der Waals surface area contributed by atoms with Gasteiger partial charge in [-0.2, -0.15) is 0 Å². The van der Waals surface area contributed by atoms with Gasteiger partial charge in [0.1, 0.15) is 0 Å². The molecule has 1 aromatic heterocycles. The van der Waals surface area contributed by atoms with Gasteiger partial charge in [-0.15, -0.1) is 0 Å². The van der Waals surface area contributed by atoms with E-state index in [2.05, 4.69) is 34.5 Å². The molecule has 1 saturated heterocycles. The highest BCUT2D eigenvalue weighted by molar-refractivity contribution is 5.36. The highest BCUT2D eigenvalue weighted by Crippen LogP contribution is 2.24. The molecule has 4 nitrogen and oxygen atoms in total. The quantitative estimate of drug-likeness (QED) is 0.869. The first-order valence-corrected chi connectivity index (χ1v) is 6.76. The van der Waals surface area contributed by atoms with Crippen LogP contribution in [0.15, 0.2) is 6.20 Å². The molecule has 1 aliphatic heterocycles. The van der Waals surface area contributed by atoms with Crippen molar-refractivity contribution in [3.63, 3.8) is 0 Å². The first-order valence-electron chi connectivity index (χ1n) is 6.76. The van der Waals surface area contributed by atoms with E-state index in [9.17, 15) is 0 Å². The molecule has 0 saturated carbocycles. The van der Waals surface area contributed by atoms with Gasteiger partial charge in [-0.05, 0) is 32.6 Å². The van der Waals surface area contributed by atoms with Crippen molar-refractivity contribution in [3.8, 4) is 0 Å². The molecule has 0 amide bonds. The summed E-state index contributed by atoms with van der Waals surface area (Å²) in [4.78, 5) is 7.09. The second kappa shape index (κ2) is 5.54. The number of anilines is 1. The monoisotopic (exact) mass is 236 g/mol. The van der Waals surface area contributed by atoms with E-state index < -0.39 is 0 Å². The number of nitrogens with zero attached hydrogens (tertiary/aromatic N) is 3. The van der Waals surface area contributed by atoms with E-state index in [1.165, 1.54) is 19.3 Å². The summed E-state index contributed by atoms with van der Waals surface area (Å²) in [5.41, 5.74) is 6.99. The van der Waals surface area contributed by atoms with E-state index in [0.717, 1.165) is 37.7 Å². The Hall–Kier alpha value is -1.03. The molecule has 4 heteroatoms. The third kappa shape index (κ3) is 2.63. The predicted molar refractivity (Wildman–Crippen MR) is 71.3 cm³/mol. The molecule has 0 radical (unpaired) electrons. The van der Waals surface area contributed by atoms with Crippen LogP contribution >= 0.6 is 0 Å². The van der Waals surface area contributed by atoms with Gasteiger partial charge in [-0.1, -0.05) is 6.92 Å². The summed E-state index contributed by atoms with van der Waals surface area (Å²) in [7, 11) is 0. The molecule has 2 heterocycles. The van der Waals surface area contributed by atoms with Crippen molar-refractivity contribution >= 4 is 5.95 Å². The van der Waals surface area contributed by atoms with Gasteiger partial charge in [0.05, 0.1) is 5.69 Å². The maximum Gasteiger partial charge on any atom is 0.206 e. The minimum atomic E-state index is 0.473. The van der Waals surface area contributed by atoms with Crippen LogP contribution in [0.2, 0.25) is 0 Å². The van der Waals surface area contributed by atoms with Crippen LogP contribution < -0.4 is 10.6 Å². The second-order valence-corrected chi connectivity index (χ2v) is 4.95. The molecule has 1 unspecified atom stereocenters. The van der Waals surface area contributed by atoms with Crippen LogP contribution in [0.1, 0.15) is 38.3 Å². The summed E-state index contributed by atoms with van der Waals surface area (Å²) in [5.74, 6) is 1.12. The van der Waals surface area contributed by atoms with Crippen LogP contribution in [0.25, 0.3) is 0 Å². The maximum atomic E-state index is 5.88. The lowest BCUT2D eigenvalue weighted by Gasteiger charge is -2.36. The maximum absolute atomic E-state index is 5.88. The number of aryl methyl sites for hydroxylation is 2. The number of aromatic nitrogens is 2. The van der Waals surface area contributed by atoms with Gasteiger partial charge in [0.2, 0.25) is 5.95 Å². The van der Waals surface area contributed by atoms with E-state index in [-0.39, 0.29) is 0 Å². The van der Waals surface area contributed by atoms with E-state index in [4.69, 9.17) is 5.73 Å². The van der Waals surface area contributed by atoms with Crippen molar-refractivity contribution < 1.29 is 0 Å². The van der Waals surface area contributed by atoms with Crippen molar-refractivity contribution in [2.45, 2.75) is 52.1 Å². The van der Waals surface area contributed by atoms with Crippen molar-refractivity contribution in [1.29, 1.82) is 0 Å². The van der Waals surface area contributed by atoms with Crippen LogP contribution in [0.3, 0.4) is 0 Å². The fourth-order valence-corrected chi connectivity index (χ4v) is 2.68. The molecule has 1 aromatic rings. The normalized spacial score (nSPS) is 20.9. The van der Waals surface area contributed by atoms with Crippen molar-refractivity contribution in [2.24, 2.45) is 5.73 Å². The molecular formula is C13H24N4. The van der Waals surface area contributed by atoms with Gasteiger partial charge in [0.25, 0.3) is 0 Å². The van der Waals surface area contributed by atoms with E-state index >= 15 is 0 Å². The highest BCUT2D eigenvalue weighted by atomic mass is 15.3. The van der Waals surface area contributed by atoms with Gasteiger partial charge in [-0.25, -0.2) is 4.98 Å². The fourth-order valence-electron chi connectivity index (χ4n) is 2.68. The van der Waals surface area contributed by atoms with Gasteiger partial charge < -0.3 is 15.2 Å². The highest BCUT2D eigenvalue weighted by Gasteiger charge is 2.24. The summed E-state index contributed by atoms with van der Waals surface area (Å²) in [5, 5.41) is 0. The number of imidazole rings is 1. The smallest absolute Gasteiger partial charge is 0.206 e. The van der Waals surface area contributed by atoms with Crippen LogP contribution in [0.5, 0.6) is 0 Å². The van der Waals surface area contributed by atoms with E-state index in [1.807, 2.05) is 0 Å². The number of nitrogens with two attached hydrogens (primary N) is 1. The average Bonchev–Trinajstić information content (AvgIpc) is 2.71. The summed E-state index contributed by atoms with van der Waals surface area (Å²) < 4.78 is 2.28. The van der Waals surface area contributed by atoms with Crippen LogP contribution in [0, 0.1) is 6.92 Å². The Morgan fingerprint density at radius 1 is 1.47 bits per heavy atom. The molecule has 17 heavy (non-hydrogen) atoms. The Morgan fingerprint density at radius 3 is 3.00 bits per heavy atom. The molecule has 0 aliphatic carbocycles. The fraction of sp³-hybridized carbons (Fsp3) is 0.769. The molecule has 1 fully saturated rings. The molecule has 1 atom stereocenters. The van der Waals surface area contributed by atoms with Gasteiger partial charge in [0.15, 0.2) is 0 Å². The Balaban J connectivity index is 2.24. The molecule has 96 valence electrons. The summed E-state index contributed by atoms with van der Waals surface area (Å²) in [6, 6.07) is 0.473. The summed E-state index contributed by atoms with van der Waals surface area (Å²) in [6.45, 7) is 7.15. The Labute approximate surface area is 104 Å². The predicted octanol–water partition coefficient (Wildman–Crippen LogP) is 1.92. The second-order valence-electron chi connectivity index (χ2n) is 4.95. The molecule has 2 N–H and O–H groups in total. The summed E-state index contributed by atoms with van der Waals surface area (Å²) in [6.07, 6.45) is 7.06. The Kier molecular flexibility index (Phi) is 4.05. The zero-order chi connectivity index (χ0) is 12.3. The lowest BCUT2D eigenvalue weighted by Crippen LogP contribution is -2.45. The number of hydrogen-bond donors (Lipinski definition) is 1. The van der Waals surface area contributed by atoms with Crippen LogP contribution in [-0.2, 0) is 6.54 Å². The molecule has 0 aromatic carbocycles. The largest absolute Gasteiger partial charge is 0.338 e. The Morgan fingerprint density at radius 2 is 2.29 bits per heavy atom. The van der Waals surface area contributed by atoms with Gasteiger partial charge >= 0.3 is 0 Å².